The molecule has 0 heterocycles. The highest BCUT2D eigenvalue weighted by molar-refractivity contribution is 5.87. The van der Waals surface area contributed by atoms with Gasteiger partial charge in [0.1, 0.15) is 5.78 Å². The Bertz CT molecular complexity index is 613. The summed E-state index contributed by atoms with van der Waals surface area (Å²) < 4.78 is 0. The van der Waals surface area contributed by atoms with Crippen LogP contribution < -0.4 is 0 Å². The van der Waals surface area contributed by atoms with Crippen LogP contribution in [0.1, 0.15) is 91.4 Å². The number of hydrogen-bond acceptors (Lipinski definition) is 2. The first-order chi connectivity index (χ1) is 12.8. The highest BCUT2D eigenvalue weighted by Crippen LogP contribution is 2.67. The molecular weight excluding hydrogens is 336 g/mol. The van der Waals surface area contributed by atoms with Crippen molar-refractivity contribution in [1.82, 2.24) is 0 Å². The second-order valence-corrected chi connectivity index (χ2v) is 10.9. The van der Waals surface area contributed by atoms with E-state index in [4.69, 9.17) is 5.11 Å². The number of ketones is 1. The van der Waals surface area contributed by atoms with E-state index in [1.54, 1.807) is 0 Å². The second kappa shape index (κ2) is 6.88. The summed E-state index contributed by atoms with van der Waals surface area (Å²) in [4.78, 5) is 24.6. The third kappa shape index (κ3) is 2.90. The van der Waals surface area contributed by atoms with Gasteiger partial charge in [0.05, 0.1) is 0 Å². The molecule has 0 spiro atoms. The van der Waals surface area contributed by atoms with E-state index in [0.717, 1.165) is 24.7 Å². The normalized spacial score (nSPS) is 47.7. The lowest BCUT2D eigenvalue weighted by molar-refractivity contribution is -0.157. The zero-order chi connectivity index (χ0) is 19.4. The Hall–Kier alpha value is -0.860. The molecule has 4 aliphatic carbocycles. The number of fused-ring (bicyclic) bond motifs is 5. The van der Waals surface area contributed by atoms with E-state index in [1.807, 2.05) is 0 Å². The fourth-order valence-electron chi connectivity index (χ4n) is 8.50. The fourth-order valence-corrected chi connectivity index (χ4v) is 8.50. The summed E-state index contributed by atoms with van der Waals surface area (Å²) in [7, 11) is 0. The van der Waals surface area contributed by atoms with Gasteiger partial charge < -0.3 is 5.11 Å². The van der Waals surface area contributed by atoms with Gasteiger partial charge >= 0.3 is 5.97 Å². The SMILES string of the molecule is C[C@H](CCC(=O)O)[C@H]1CC[C@H]2[C@@H]3CCC4CCCC[C@]4(C)[C@H]3CC(=O)[C@]12C. The third-order valence-corrected chi connectivity index (χ3v) is 10.0. The molecule has 8 atom stereocenters. The van der Waals surface area contributed by atoms with Crippen LogP contribution in [0.25, 0.3) is 0 Å². The summed E-state index contributed by atoms with van der Waals surface area (Å²) >= 11 is 0. The van der Waals surface area contributed by atoms with Gasteiger partial charge in [-0.1, -0.05) is 33.6 Å². The molecule has 0 aromatic heterocycles. The highest BCUT2D eigenvalue weighted by atomic mass is 16.4. The average molecular weight is 375 g/mol. The smallest absolute Gasteiger partial charge is 0.303 e. The van der Waals surface area contributed by atoms with Crippen LogP contribution in [0, 0.1) is 46.3 Å². The van der Waals surface area contributed by atoms with Crippen molar-refractivity contribution in [3.05, 3.63) is 0 Å². The van der Waals surface area contributed by atoms with Gasteiger partial charge in [0, 0.05) is 18.3 Å². The second-order valence-electron chi connectivity index (χ2n) is 10.9. The number of carboxylic acid groups (broad SMARTS) is 1. The van der Waals surface area contributed by atoms with E-state index in [9.17, 15) is 9.59 Å². The molecule has 152 valence electrons. The molecular formula is C24H38O3. The zero-order valence-electron chi connectivity index (χ0n) is 17.5. The molecule has 0 radical (unpaired) electrons. The van der Waals surface area contributed by atoms with Gasteiger partial charge in [0.15, 0.2) is 0 Å². The van der Waals surface area contributed by atoms with Crippen molar-refractivity contribution in [3.8, 4) is 0 Å². The van der Waals surface area contributed by atoms with Gasteiger partial charge in [-0.3, -0.25) is 9.59 Å². The molecule has 0 aromatic rings. The van der Waals surface area contributed by atoms with Crippen LogP contribution in [0.15, 0.2) is 0 Å². The maximum Gasteiger partial charge on any atom is 0.303 e. The maximum atomic E-state index is 13.6. The molecule has 0 aromatic carbocycles. The topological polar surface area (TPSA) is 54.4 Å². The first-order valence-electron chi connectivity index (χ1n) is 11.5. The minimum atomic E-state index is -0.708. The van der Waals surface area contributed by atoms with E-state index in [1.165, 1.54) is 44.9 Å². The predicted molar refractivity (Wildman–Crippen MR) is 106 cm³/mol. The lowest BCUT2D eigenvalue weighted by Gasteiger charge is -2.60. The molecule has 1 N–H and O–H groups in total. The highest BCUT2D eigenvalue weighted by Gasteiger charge is 2.63. The maximum absolute atomic E-state index is 13.6. The van der Waals surface area contributed by atoms with Crippen LogP contribution in [-0.2, 0) is 9.59 Å². The summed E-state index contributed by atoms with van der Waals surface area (Å²) in [5, 5.41) is 9.08. The van der Waals surface area contributed by atoms with Crippen LogP contribution >= 0.6 is 0 Å². The predicted octanol–water partition coefficient (Wildman–Crippen LogP) is 5.72. The van der Waals surface area contributed by atoms with Crippen LogP contribution in [0.3, 0.4) is 0 Å². The van der Waals surface area contributed by atoms with Gasteiger partial charge in [0.2, 0.25) is 0 Å². The first kappa shape index (κ1) is 19.5. The molecule has 0 aliphatic heterocycles. The monoisotopic (exact) mass is 374 g/mol. The average Bonchev–Trinajstić information content (AvgIpc) is 2.99. The third-order valence-electron chi connectivity index (χ3n) is 10.0. The zero-order valence-corrected chi connectivity index (χ0v) is 17.5. The lowest BCUT2D eigenvalue weighted by atomic mass is 9.44. The molecule has 4 fully saturated rings. The van der Waals surface area contributed by atoms with E-state index in [2.05, 4.69) is 20.8 Å². The standard InChI is InChI=1S/C24H38O3/c1-15(7-12-22(26)27)18-10-11-19-17-9-8-16-6-4-5-13-23(16,2)20(17)14-21(25)24(18,19)3/h15-20H,4-14H2,1-3H3,(H,26,27)/t15-,16?,17+,18-,19+,20+,23+,24-/m1/s1. The van der Waals surface area contributed by atoms with Crippen LogP contribution in [0.4, 0.5) is 0 Å². The Balaban J connectivity index is 1.58. The number of rotatable bonds is 4. The molecule has 27 heavy (non-hydrogen) atoms. The lowest BCUT2D eigenvalue weighted by Crippen LogP contribution is -2.56. The summed E-state index contributed by atoms with van der Waals surface area (Å²) in [6.45, 7) is 6.98. The summed E-state index contributed by atoms with van der Waals surface area (Å²) in [6, 6.07) is 0. The fraction of sp³-hybridized carbons (Fsp3) is 0.917. The molecule has 3 nitrogen and oxygen atoms in total. The minimum Gasteiger partial charge on any atom is -0.481 e. The van der Waals surface area contributed by atoms with Crippen molar-refractivity contribution in [2.75, 3.05) is 0 Å². The van der Waals surface area contributed by atoms with E-state index in [-0.39, 0.29) is 11.8 Å². The number of carboxylic acids is 1. The van der Waals surface area contributed by atoms with Gasteiger partial charge in [0.25, 0.3) is 0 Å². The Kier molecular flexibility index (Phi) is 4.96. The summed E-state index contributed by atoms with van der Waals surface area (Å²) in [5.74, 6) is 3.24. The largest absolute Gasteiger partial charge is 0.481 e. The number of Topliss-reactive ketones (excluding diaryl/α,β-unsaturated/α-hetero) is 1. The van der Waals surface area contributed by atoms with Crippen molar-refractivity contribution < 1.29 is 14.7 Å². The molecule has 0 bridgehead atoms. The van der Waals surface area contributed by atoms with E-state index >= 15 is 0 Å². The van der Waals surface area contributed by atoms with Gasteiger partial charge in [-0.2, -0.15) is 0 Å². The number of carbonyl (C=O) groups excluding carboxylic acids is 1. The Morgan fingerprint density at radius 2 is 1.89 bits per heavy atom. The number of hydrogen-bond donors (Lipinski definition) is 1. The quantitative estimate of drug-likeness (QED) is 0.685. The van der Waals surface area contributed by atoms with Crippen molar-refractivity contribution in [2.45, 2.75) is 91.4 Å². The Morgan fingerprint density at radius 3 is 2.63 bits per heavy atom. The van der Waals surface area contributed by atoms with Crippen LogP contribution in [0.5, 0.6) is 0 Å². The Morgan fingerprint density at radius 1 is 1.11 bits per heavy atom. The summed E-state index contributed by atoms with van der Waals surface area (Å²) in [6.07, 6.45) is 12.2. The van der Waals surface area contributed by atoms with E-state index in [0.29, 0.717) is 41.3 Å². The number of carbonyl (C=O) groups is 2. The van der Waals surface area contributed by atoms with Crippen molar-refractivity contribution >= 4 is 11.8 Å². The van der Waals surface area contributed by atoms with Crippen molar-refractivity contribution in [2.24, 2.45) is 46.3 Å². The van der Waals surface area contributed by atoms with Gasteiger partial charge in [-0.25, -0.2) is 0 Å². The minimum absolute atomic E-state index is 0.197. The Labute approximate surface area is 164 Å². The van der Waals surface area contributed by atoms with Crippen molar-refractivity contribution in [1.29, 1.82) is 0 Å². The molecule has 4 rings (SSSR count). The van der Waals surface area contributed by atoms with E-state index < -0.39 is 5.97 Å². The molecule has 4 saturated carbocycles. The first-order valence-corrected chi connectivity index (χ1v) is 11.5. The molecule has 1 unspecified atom stereocenters. The summed E-state index contributed by atoms with van der Waals surface area (Å²) in [5.41, 5.74) is 0.197. The van der Waals surface area contributed by atoms with Crippen LogP contribution in [0.2, 0.25) is 0 Å². The van der Waals surface area contributed by atoms with Gasteiger partial charge in [-0.05, 0) is 85.9 Å². The molecule has 0 saturated heterocycles. The molecule has 3 heteroatoms. The van der Waals surface area contributed by atoms with Crippen molar-refractivity contribution in [3.63, 3.8) is 0 Å². The number of aliphatic carboxylic acids is 1. The van der Waals surface area contributed by atoms with Crippen LogP contribution in [-0.4, -0.2) is 16.9 Å². The van der Waals surface area contributed by atoms with Gasteiger partial charge in [-0.15, -0.1) is 0 Å². The molecule has 0 amide bonds. The molecule has 4 aliphatic rings.